The van der Waals surface area contributed by atoms with Gasteiger partial charge in [-0.25, -0.2) is 0 Å². The predicted octanol–water partition coefficient (Wildman–Crippen LogP) is 3.70. The van der Waals surface area contributed by atoms with Gasteiger partial charge in [0.15, 0.2) is 5.78 Å². The average molecular weight is 328 g/mol. The molecule has 0 saturated heterocycles. The van der Waals surface area contributed by atoms with E-state index in [1.807, 2.05) is 13.0 Å². The Labute approximate surface area is 141 Å². The molecule has 5 heteroatoms. The van der Waals surface area contributed by atoms with Crippen molar-refractivity contribution in [3.63, 3.8) is 0 Å². The highest BCUT2D eigenvalue weighted by molar-refractivity contribution is 6.08. The third-order valence-corrected chi connectivity index (χ3v) is 3.40. The molecule has 0 amide bonds. The van der Waals surface area contributed by atoms with Crippen LogP contribution in [0.5, 0.6) is 23.0 Å². The first-order valence-electron chi connectivity index (χ1n) is 7.49. The fourth-order valence-electron chi connectivity index (χ4n) is 2.19. The Hall–Kier alpha value is -2.95. The second kappa shape index (κ2) is 8.06. The summed E-state index contributed by atoms with van der Waals surface area (Å²) in [5, 5.41) is 9.91. The zero-order chi connectivity index (χ0) is 17.5. The van der Waals surface area contributed by atoms with E-state index in [4.69, 9.17) is 14.2 Å². The molecule has 0 bridgehead atoms. The van der Waals surface area contributed by atoms with E-state index in [0.29, 0.717) is 23.9 Å². The van der Waals surface area contributed by atoms with Crippen LogP contribution in [0.15, 0.2) is 42.5 Å². The number of benzene rings is 2. The van der Waals surface area contributed by atoms with Gasteiger partial charge in [0.25, 0.3) is 0 Å². The molecule has 0 fully saturated rings. The van der Waals surface area contributed by atoms with E-state index in [0.717, 1.165) is 5.56 Å². The van der Waals surface area contributed by atoms with E-state index in [2.05, 4.69) is 0 Å². The minimum absolute atomic E-state index is 0.123. The maximum atomic E-state index is 12.3. The lowest BCUT2D eigenvalue weighted by atomic mass is 10.1. The number of hydrogen-bond donors (Lipinski definition) is 1. The SMILES string of the molecule is CCOc1ccc(C=CC(=O)c2ccc(OC)cc2O)c(OC)c1. The Morgan fingerprint density at radius 1 is 1.08 bits per heavy atom. The first-order valence-corrected chi connectivity index (χ1v) is 7.49. The Morgan fingerprint density at radius 3 is 2.46 bits per heavy atom. The number of ketones is 1. The summed E-state index contributed by atoms with van der Waals surface area (Å²) in [5.74, 6) is 1.35. The summed E-state index contributed by atoms with van der Waals surface area (Å²) in [6, 6.07) is 9.92. The van der Waals surface area contributed by atoms with Crippen LogP contribution in [0.4, 0.5) is 0 Å². The van der Waals surface area contributed by atoms with Crippen LogP contribution in [-0.4, -0.2) is 31.7 Å². The molecule has 0 heterocycles. The zero-order valence-corrected chi connectivity index (χ0v) is 13.9. The fourth-order valence-corrected chi connectivity index (χ4v) is 2.19. The molecule has 0 saturated carbocycles. The third kappa shape index (κ3) is 4.07. The van der Waals surface area contributed by atoms with Crippen LogP contribution in [0, 0.1) is 0 Å². The average Bonchev–Trinajstić information content (AvgIpc) is 2.60. The van der Waals surface area contributed by atoms with Crippen molar-refractivity contribution in [3.8, 4) is 23.0 Å². The molecule has 0 aliphatic rings. The van der Waals surface area contributed by atoms with Gasteiger partial charge in [0.05, 0.1) is 26.4 Å². The maximum absolute atomic E-state index is 12.3. The topological polar surface area (TPSA) is 65.0 Å². The van der Waals surface area contributed by atoms with Crippen LogP contribution in [-0.2, 0) is 0 Å². The second-order valence-corrected chi connectivity index (χ2v) is 4.92. The number of rotatable bonds is 7. The molecule has 0 unspecified atom stereocenters. The van der Waals surface area contributed by atoms with Gasteiger partial charge >= 0.3 is 0 Å². The molecular weight excluding hydrogens is 308 g/mol. The maximum Gasteiger partial charge on any atom is 0.189 e. The van der Waals surface area contributed by atoms with Gasteiger partial charge in [-0.1, -0.05) is 0 Å². The van der Waals surface area contributed by atoms with E-state index in [9.17, 15) is 9.90 Å². The standard InChI is InChI=1S/C19H20O5/c1-4-24-15-7-5-13(19(12-15)23-3)6-10-17(20)16-9-8-14(22-2)11-18(16)21/h5-12,21H,4H2,1-3H3. The zero-order valence-electron chi connectivity index (χ0n) is 13.9. The van der Waals surface area contributed by atoms with Gasteiger partial charge in [-0.05, 0) is 43.3 Å². The normalized spacial score (nSPS) is 10.6. The first-order chi connectivity index (χ1) is 11.6. The van der Waals surface area contributed by atoms with Gasteiger partial charge < -0.3 is 19.3 Å². The molecule has 0 spiro atoms. The van der Waals surface area contributed by atoms with Crippen LogP contribution in [0.2, 0.25) is 0 Å². The van der Waals surface area contributed by atoms with Crippen molar-refractivity contribution in [2.75, 3.05) is 20.8 Å². The molecule has 0 aliphatic carbocycles. The Kier molecular flexibility index (Phi) is 5.84. The highest BCUT2D eigenvalue weighted by atomic mass is 16.5. The van der Waals surface area contributed by atoms with E-state index < -0.39 is 0 Å². The summed E-state index contributed by atoms with van der Waals surface area (Å²) in [4.78, 5) is 12.3. The van der Waals surface area contributed by atoms with Crippen molar-refractivity contribution >= 4 is 11.9 Å². The Balaban J connectivity index is 2.22. The molecule has 0 aromatic heterocycles. The van der Waals surface area contributed by atoms with Gasteiger partial charge in [-0.3, -0.25) is 4.79 Å². The van der Waals surface area contributed by atoms with E-state index in [1.165, 1.54) is 25.3 Å². The van der Waals surface area contributed by atoms with Gasteiger partial charge in [-0.15, -0.1) is 0 Å². The number of carbonyl (C=O) groups excluding carboxylic acids is 1. The van der Waals surface area contributed by atoms with Crippen molar-refractivity contribution in [1.82, 2.24) is 0 Å². The van der Waals surface area contributed by atoms with Crippen LogP contribution in [0.1, 0.15) is 22.8 Å². The molecule has 2 aromatic rings. The monoisotopic (exact) mass is 328 g/mol. The van der Waals surface area contributed by atoms with Gasteiger partial charge in [0.2, 0.25) is 0 Å². The molecule has 24 heavy (non-hydrogen) atoms. The number of methoxy groups -OCH3 is 2. The predicted molar refractivity (Wildman–Crippen MR) is 92.2 cm³/mol. The van der Waals surface area contributed by atoms with Crippen LogP contribution in [0.25, 0.3) is 6.08 Å². The number of hydrogen-bond acceptors (Lipinski definition) is 5. The quantitative estimate of drug-likeness (QED) is 0.620. The smallest absolute Gasteiger partial charge is 0.189 e. The van der Waals surface area contributed by atoms with Crippen molar-refractivity contribution < 1.29 is 24.1 Å². The number of aromatic hydroxyl groups is 1. The summed E-state index contributed by atoms with van der Waals surface area (Å²) in [6.45, 7) is 2.47. The molecular formula is C19H20O5. The van der Waals surface area contributed by atoms with Gasteiger partial charge in [-0.2, -0.15) is 0 Å². The molecule has 5 nitrogen and oxygen atoms in total. The largest absolute Gasteiger partial charge is 0.507 e. The number of ether oxygens (including phenoxy) is 3. The molecule has 126 valence electrons. The van der Waals surface area contributed by atoms with Crippen molar-refractivity contribution in [1.29, 1.82) is 0 Å². The van der Waals surface area contributed by atoms with E-state index in [-0.39, 0.29) is 17.1 Å². The molecule has 0 atom stereocenters. The number of carbonyl (C=O) groups is 1. The van der Waals surface area contributed by atoms with Crippen LogP contribution in [0.3, 0.4) is 0 Å². The lowest BCUT2D eigenvalue weighted by Crippen LogP contribution is -1.96. The van der Waals surface area contributed by atoms with Crippen LogP contribution >= 0.6 is 0 Å². The third-order valence-electron chi connectivity index (χ3n) is 3.40. The number of phenols is 1. The minimum Gasteiger partial charge on any atom is -0.507 e. The number of allylic oxidation sites excluding steroid dienone is 1. The summed E-state index contributed by atoms with van der Waals surface area (Å²) in [6.07, 6.45) is 3.03. The second-order valence-electron chi connectivity index (χ2n) is 4.92. The molecule has 2 aromatic carbocycles. The highest BCUT2D eigenvalue weighted by Crippen LogP contribution is 2.27. The van der Waals surface area contributed by atoms with Crippen LogP contribution < -0.4 is 14.2 Å². The van der Waals surface area contributed by atoms with E-state index >= 15 is 0 Å². The van der Waals surface area contributed by atoms with Gasteiger partial charge in [0.1, 0.15) is 23.0 Å². The Bertz CT molecular complexity index is 749. The summed E-state index contributed by atoms with van der Waals surface area (Å²) in [7, 11) is 3.05. The number of phenolic OH excluding ortho intramolecular Hbond substituents is 1. The fraction of sp³-hybridized carbons (Fsp3) is 0.211. The minimum atomic E-state index is -0.314. The van der Waals surface area contributed by atoms with Gasteiger partial charge in [0, 0.05) is 17.7 Å². The summed E-state index contributed by atoms with van der Waals surface area (Å²) in [5.41, 5.74) is 0.944. The summed E-state index contributed by atoms with van der Waals surface area (Å²) >= 11 is 0. The molecule has 0 aliphatic heterocycles. The van der Waals surface area contributed by atoms with Crippen molar-refractivity contribution in [2.45, 2.75) is 6.92 Å². The Morgan fingerprint density at radius 2 is 1.83 bits per heavy atom. The lowest BCUT2D eigenvalue weighted by molar-refractivity contribution is 0.104. The lowest BCUT2D eigenvalue weighted by Gasteiger charge is -2.08. The van der Waals surface area contributed by atoms with Crippen molar-refractivity contribution in [3.05, 3.63) is 53.6 Å². The summed E-state index contributed by atoms with van der Waals surface area (Å²) < 4.78 is 15.7. The highest BCUT2D eigenvalue weighted by Gasteiger charge is 2.10. The molecule has 1 N–H and O–H groups in total. The molecule has 2 rings (SSSR count). The molecule has 0 radical (unpaired) electrons. The van der Waals surface area contributed by atoms with Crippen molar-refractivity contribution in [2.24, 2.45) is 0 Å². The first kappa shape index (κ1) is 17.4. The van der Waals surface area contributed by atoms with E-state index in [1.54, 1.807) is 31.4 Å².